The van der Waals surface area contributed by atoms with E-state index in [1.807, 2.05) is 0 Å². The van der Waals surface area contributed by atoms with Gasteiger partial charge >= 0.3 is 19.8 Å². The summed E-state index contributed by atoms with van der Waals surface area (Å²) in [7, 11) is -4.41. The van der Waals surface area contributed by atoms with Gasteiger partial charge in [0.1, 0.15) is 6.61 Å². The van der Waals surface area contributed by atoms with Gasteiger partial charge in [-0.25, -0.2) is 4.57 Å². The van der Waals surface area contributed by atoms with E-state index >= 15 is 0 Å². The number of phosphoric ester groups is 1. The van der Waals surface area contributed by atoms with E-state index in [0.717, 1.165) is 154 Å². The highest BCUT2D eigenvalue weighted by Crippen LogP contribution is 2.43. The molecule has 0 fully saturated rings. The van der Waals surface area contributed by atoms with Crippen LogP contribution < -0.4 is 5.73 Å². The number of esters is 2. The Morgan fingerprint density at radius 3 is 0.778 bits per heavy atom. The molecule has 10 heteroatoms. The first-order valence-electron chi connectivity index (χ1n) is 39.6. The summed E-state index contributed by atoms with van der Waals surface area (Å²) in [4.78, 5) is 35.5. The van der Waals surface area contributed by atoms with Crippen LogP contribution in [0.3, 0.4) is 0 Å². The Kier molecular flexibility index (Phi) is 77.1. The lowest BCUT2D eigenvalue weighted by molar-refractivity contribution is -0.161. The maximum atomic E-state index is 12.8. The van der Waals surface area contributed by atoms with Gasteiger partial charge < -0.3 is 20.1 Å². The molecule has 0 aliphatic rings. The second kappa shape index (κ2) is 81.6. The molecule has 0 aromatic rings. The molecule has 0 spiro atoms. The van der Waals surface area contributed by atoms with Crippen LogP contribution in [-0.2, 0) is 32.7 Å². The van der Waals surface area contributed by atoms with E-state index in [-0.39, 0.29) is 38.6 Å². The van der Waals surface area contributed by atoms with Crippen LogP contribution in [0.15, 0.2) is 207 Å². The van der Waals surface area contributed by atoms with Crippen molar-refractivity contribution >= 4 is 19.8 Å². The van der Waals surface area contributed by atoms with Gasteiger partial charge in [0.15, 0.2) is 6.10 Å². The molecule has 3 N–H and O–H groups in total. The van der Waals surface area contributed by atoms with Gasteiger partial charge in [-0.2, -0.15) is 0 Å². The average molecular weight is 1390 g/mol. The monoisotopic (exact) mass is 1390 g/mol. The first kappa shape index (κ1) is 93.6. The average Bonchev–Trinajstić information content (AvgIpc) is 1.35. The molecule has 0 aliphatic carbocycles. The van der Waals surface area contributed by atoms with Gasteiger partial charge in [-0.05, 0) is 148 Å². The van der Waals surface area contributed by atoms with Crippen LogP contribution in [-0.4, -0.2) is 49.3 Å². The summed E-state index contributed by atoms with van der Waals surface area (Å²) in [5.41, 5.74) is 5.41. The lowest BCUT2D eigenvalue weighted by Gasteiger charge is -2.19. The van der Waals surface area contributed by atoms with E-state index in [1.54, 1.807) is 0 Å². The smallest absolute Gasteiger partial charge is 0.462 e. The van der Waals surface area contributed by atoms with Gasteiger partial charge in [0.05, 0.1) is 13.2 Å². The molecule has 0 amide bonds. The molecule has 0 aromatic heterocycles. The third kappa shape index (κ3) is 81.4. The molecule has 0 saturated carbocycles. The van der Waals surface area contributed by atoms with Gasteiger partial charge in [-0.1, -0.05) is 355 Å². The molecule has 2 unspecified atom stereocenters. The number of ether oxygens (including phenoxy) is 2. The molecular formula is C89H144NO8P. The fourth-order valence-corrected chi connectivity index (χ4v) is 11.2. The molecule has 0 aromatic carbocycles. The zero-order valence-corrected chi connectivity index (χ0v) is 63.8. The van der Waals surface area contributed by atoms with Crippen molar-refractivity contribution in [3.8, 4) is 0 Å². The van der Waals surface area contributed by atoms with Gasteiger partial charge in [0.2, 0.25) is 0 Å². The Morgan fingerprint density at radius 1 is 0.303 bits per heavy atom. The number of unbranched alkanes of at least 4 members (excludes halogenated alkanes) is 25. The van der Waals surface area contributed by atoms with Crippen LogP contribution in [0.1, 0.15) is 309 Å². The third-order valence-corrected chi connectivity index (χ3v) is 17.1. The zero-order valence-electron chi connectivity index (χ0n) is 62.9. The van der Waals surface area contributed by atoms with Gasteiger partial charge in [0, 0.05) is 19.4 Å². The van der Waals surface area contributed by atoms with Crippen molar-refractivity contribution in [3.05, 3.63) is 207 Å². The van der Waals surface area contributed by atoms with Crippen LogP contribution in [0, 0.1) is 0 Å². The second-order valence-electron chi connectivity index (χ2n) is 25.5. The van der Waals surface area contributed by atoms with E-state index in [4.69, 9.17) is 24.3 Å². The minimum atomic E-state index is -4.41. The number of carbonyl (C=O) groups excluding carboxylic acids is 2. The van der Waals surface area contributed by atoms with Crippen molar-refractivity contribution in [1.82, 2.24) is 0 Å². The van der Waals surface area contributed by atoms with Crippen LogP contribution in [0.2, 0.25) is 0 Å². The van der Waals surface area contributed by atoms with E-state index in [9.17, 15) is 19.0 Å². The van der Waals surface area contributed by atoms with Gasteiger partial charge in [-0.15, -0.1) is 0 Å². The van der Waals surface area contributed by atoms with Crippen molar-refractivity contribution in [2.24, 2.45) is 5.73 Å². The number of rotatable bonds is 72. The summed E-state index contributed by atoms with van der Waals surface area (Å²) in [5, 5.41) is 0. The van der Waals surface area contributed by atoms with Crippen molar-refractivity contribution in [1.29, 1.82) is 0 Å². The molecule has 0 heterocycles. The lowest BCUT2D eigenvalue weighted by atomic mass is 10.0. The standard InChI is InChI=1S/C89H144NO8P/c1-3-5-7-9-11-13-15-17-19-21-23-25-27-29-31-33-35-37-39-41-43-45-47-49-51-53-55-57-59-61-63-65-67-69-71-73-75-77-79-81-88(91)95-85-87(86-97-99(93,94)96-84-83-90)98-89(92)82-80-78-76-74-72-70-68-66-64-62-60-58-56-54-52-50-48-46-44-42-40-38-36-34-32-30-28-26-24-22-20-18-16-14-12-10-8-6-4-2/h5-8,11-14,17-20,23-26,29-32,35-38,41-44,48,50,54,56,60,62,87H,3-4,9-10,15-16,21-22,27-28,33-34,39-40,45-47,49,51-53,55,57-59,61,63-86,90H2,1-2H3,(H,93,94)/b7-5-,8-6-,13-11-,14-12-,19-17-,20-18-,25-23-,26-24-,31-29-,32-30-,37-35-,38-36-,43-41-,44-42-,50-48-,56-54-,62-60-. The molecule has 9 nitrogen and oxygen atoms in total. The predicted octanol–water partition coefficient (Wildman–Crippen LogP) is 27.0. The number of phosphoric acid groups is 1. The Morgan fingerprint density at radius 2 is 0.525 bits per heavy atom. The van der Waals surface area contributed by atoms with E-state index in [1.165, 1.54) is 122 Å². The zero-order chi connectivity index (χ0) is 71.5. The first-order chi connectivity index (χ1) is 48.8. The quantitative estimate of drug-likeness (QED) is 0.0264. The van der Waals surface area contributed by atoms with Crippen LogP contribution >= 0.6 is 7.82 Å². The molecule has 0 saturated heterocycles. The normalized spacial score (nSPS) is 14.0. The number of hydrogen-bond acceptors (Lipinski definition) is 8. The highest BCUT2D eigenvalue weighted by Gasteiger charge is 2.26. The van der Waals surface area contributed by atoms with Crippen LogP contribution in [0.5, 0.6) is 0 Å². The van der Waals surface area contributed by atoms with Crippen LogP contribution in [0.4, 0.5) is 0 Å². The Hall–Kier alpha value is -5.41. The topological polar surface area (TPSA) is 134 Å². The van der Waals surface area contributed by atoms with Crippen LogP contribution in [0.25, 0.3) is 0 Å². The number of carbonyl (C=O) groups is 2. The molecule has 2 atom stereocenters. The number of nitrogens with two attached hydrogens (primary N) is 1. The fraction of sp³-hybridized carbons (Fsp3) is 0.596. The molecule has 0 aliphatic heterocycles. The predicted molar refractivity (Wildman–Crippen MR) is 431 cm³/mol. The molecule has 0 bridgehead atoms. The van der Waals surface area contributed by atoms with Crippen molar-refractivity contribution < 1.29 is 37.6 Å². The van der Waals surface area contributed by atoms with Crippen molar-refractivity contribution in [2.45, 2.75) is 315 Å². The van der Waals surface area contributed by atoms with E-state index < -0.39 is 26.5 Å². The molecule has 558 valence electrons. The van der Waals surface area contributed by atoms with Crippen molar-refractivity contribution in [2.75, 3.05) is 26.4 Å². The molecule has 0 rings (SSSR count). The summed E-state index contributed by atoms with van der Waals surface area (Å²) >= 11 is 0. The fourth-order valence-electron chi connectivity index (χ4n) is 10.4. The summed E-state index contributed by atoms with van der Waals surface area (Å²) in [6.07, 6.45) is 125. The summed E-state index contributed by atoms with van der Waals surface area (Å²) in [5.74, 6) is -0.842. The summed E-state index contributed by atoms with van der Waals surface area (Å²) in [6, 6.07) is 0. The maximum Gasteiger partial charge on any atom is 0.472 e. The second-order valence-corrected chi connectivity index (χ2v) is 26.9. The summed E-state index contributed by atoms with van der Waals surface area (Å²) < 4.78 is 33.3. The largest absolute Gasteiger partial charge is 0.472 e. The van der Waals surface area contributed by atoms with Gasteiger partial charge in [0.25, 0.3) is 0 Å². The Labute approximate surface area is 608 Å². The molecule has 0 radical (unpaired) electrons. The minimum absolute atomic E-state index is 0.0435. The Bertz CT molecular complexity index is 2390. The molecular weight excluding hydrogens is 1240 g/mol. The Balaban J connectivity index is 3.92. The van der Waals surface area contributed by atoms with Gasteiger partial charge in [-0.3, -0.25) is 18.6 Å². The number of hydrogen-bond donors (Lipinski definition) is 2. The highest BCUT2D eigenvalue weighted by molar-refractivity contribution is 7.47. The highest BCUT2D eigenvalue weighted by atomic mass is 31.2. The van der Waals surface area contributed by atoms with Crippen molar-refractivity contribution in [3.63, 3.8) is 0 Å². The van der Waals surface area contributed by atoms with E-state index in [0.29, 0.717) is 6.42 Å². The molecule has 99 heavy (non-hydrogen) atoms. The SMILES string of the molecule is CC/C=C\C/C=C\C/C=C\C/C=C\C/C=C\C/C=C\C/C=C\C/C=C\C/C=C\C/C=C\CCCCCCCCCCC(=O)OC(COC(=O)CCCCCCCCCCCCCCCCCCC/C=C\C/C=C\C/C=C\C/C=C\C/C=C\C/C=C\C/C=C\CC)COP(=O)(O)OCCN. The first-order valence-corrected chi connectivity index (χ1v) is 41.1. The number of allylic oxidation sites excluding steroid dienone is 34. The maximum absolute atomic E-state index is 12.8. The lowest BCUT2D eigenvalue weighted by Crippen LogP contribution is -2.29. The summed E-state index contributed by atoms with van der Waals surface area (Å²) in [6.45, 7) is 3.51. The third-order valence-electron chi connectivity index (χ3n) is 16.2. The minimum Gasteiger partial charge on any atom is -0.462 e. The van der Waals surface area contributed by atoms with E-state index in [2.05, 4.69) is 220 Å².